The molecular weight excluding hydrogens is 222 g/mol. The van der Waals surface area contributed by atoms with Gasteiger partial charge < -0.3 is 9.88 Å². The Morgan fingerprint density at radius 2 is 2.00 bits per heavy atom. The van der Waals surface area contributed by atoms with Crippen LogP contribution in [0.5, 0.6) is 0 Å². The van der Waals surface area contributed by atoms with E-state index in [1.165, 1.54) is 41.7 Å². The molecular formula is C15H21N3. The van der Waals surface area contributed by atoms with Gasteiger partial charge in [-0.05, 0) is 56.5 Å². The van der Waals surface area contributed by atoms with E-state index in [2.05, 4.69) is 42.9 Å². The minimum atomic E-state index is 0.428. The Hall–Kier alpha value is -1.35. The summed E-state index contributed by atoms with van der Waals surface area (Å²) in [6.07, 6.45) is 3.80. The Labute approximate surface area is 108 Å². The molecule has 0 saturated carbocycles. The molecule has 0 bridgehead atoms. The average molecular weight is 243 g/mol. The number of aryl methyl sites for hydroxylation is 3. The fourth-order valence-corrected chi connectivity index (χ4v) is 2.85. The van der Waals surface area contributed by atoms with Crippen LogP contribution in [0, 0.1) is 13.8 Å². The molecule has 96 valence electrons. The minimum absolute atomic E-state index is 0.428. The molecule has 3 nitrogen and oxygen atoms in total. The normalized spacial score (nSPS) is 20.5. The molecule has 18 heavy (non-hydrogen) atoms. The molecule has 0 amide bonds. The van der Waals surface area contributed by atoms with Crippen LogP contribution >= 0.6 is 0 Å². The van der Waals surface area contributed by atoms with Gasteiger partial charge in [-0.25, -0.2) is 4.98 Å². The number of nitrogens with zero attached hydrogens (tertiary/aromatic N) is 2. The van der Waals surface area contributed by atoms with Gasteiger partial charge in [-0.15, -0.1) is 0 Å². The SMILES string of the molecule is Cc1cc2nc(C3CCCCN3)n(C)c2cc1C. The molecule has 3 heteroatoms. The zero-order valence-corrected chi connectivity index (χ0v) is 11.5. The van der Waals surface area contributed by atoms with Gasteiger partial charge >= 0.3 is 0 Å². The number of rotatable bonds is 1. The summed E-state index contributed by atoms with van der Waals surface area (Å²) < 4.78 is 2.25. The van der Waals surface area contributed by atoms with Crippen molar-refractivity contribution in [2.24, 2.45) is 7.05 Å². The van der Waals surface area contributed by atoms with Crippen LogP contribution in [0.1, 0.15) is 42.3 Å². The van der Waals surface area contributed by atoms with Crippen molar-refractivity contribution in [3.05, 3.63) is 29.1 Å². The second kappa shape index (κ2) is 4.39. The van der Waals surface area contributed by atoms with Crippen LogP contribution < -0.4 is 5.32 Å². The fraction of sp³-hybridized carbons (Fsp3) is 0.533. The van der Waals surface area contributed by atoms with Crippen LogP contribution in [0.2, 0.25) is 0 Å². The monoisotopic (exact) mass is 243 g/mol. The highest BCUT2D eigenvalue weighted by atomic mass is 15.1. The number of fused-ring (bicyclic) bond motifs is 1. The average Bonchev–Trinajstić information content (AvgIpc) is 2.69. The third kappa shape index (κ3) is 1.83. The highest BCUT2D eigenvalue weighted by molar-refractivity contribution is 5.78. The van der Waals surface area contributed by atoms with Crippen LogP contribution in [0.4, 0.5) is 0 Å². The molecule has 0 spiro atoms. The summed E-state index contributed by atoms with van der Waals surface area (Å²) >= 11 is 0. The topological polar surface area (TPSA) is 29.9 Å². The third-order valence-electron chi connectivity index (χ3n) is 4.15. The van der Waals surface area contributed by atoms with Crippen LogP contribution in [-0.4, -0.2) is 16.1 Å². The number of nitrogens with one attached hydrogen (secondary N) is 1. The Kier molecular flexibility index (Phi) is 2.86. The van der Waals surface area contributed by atoms with E-state index >= 15 is 0 Å². The van der Waals surface area contributed by atoms with Crippen molar-refractivity contribution in [3.8, 4) is 0 Å². The molecule has 1 aromatic heterocycles. The first-order valence-electron chi connectivity index (χ1n) is 6.84. The summed E-state index contributed by atoms with van der Waals surface area (Å²) in [6, 6.07) is 4.89. The predicted molar refractivity (Wildman–Crippen MR) is 74.8 cm³/mol. The second-order valence-corrected chi connectivity index (χ2v) is 5.46. The van der Waals surface area contributed by atoms with Gasteiger partial charge in [-0.1, -0.05) is 6.42 Å². The van der Waals surface area contributed by atoms with E-state index < -0.39 is 0 Å². The predicted octanol–water partition coefficient (Wildman–Crippen LogP) is 3.00. The molecule has 2 aromatic rings. The van der Waals surface area contributed by atoms with Gasteiger partial charge in [0.1, 0.15) is 5.82 Å². The summed E-state index contributed by atoms with van der Waals surface area (Å²) in [7, 11) is 2.13. The molecule has 1 N–H and O–H groups in total. The maximum atomic E-state index is 4.84. The molecule has 0 aliphatic carbocycles. The molecule has 1 saturated heterocycles. The van der Waals surface area contributed by atoms with Gasteiger partial charge in [0.2, 0.25) is 0 Å². The van der Waals surface area contributed by atoms with Gasteiger partial charge in [0.25, 0.3) is 0 Å². The Balaban J connectivity index is 2.10. The molecule has 0 radical (unpaired) electrons. The summed E-state index contributed by atoms with van der Waals surface area (Å²) in [5.41, 5.74) is 5.04. The lowest BCUT2D eigenvalue weighted by Gasteiger charge is -2.22. The quantitative estimate of drug-likeness (QED) is 0.834. The van der Waals surface area contributed by atoms with Crippen molar-refractivity contribution in [2.45, 2.75) is 39.2 Å². The maximum absolute atomic E-state index is 4.84. The van der Waals surface area contributed by atoms with Gasteiger partial charge in [0, 0.05) is 7.05 Å². The maximum Gasteiger partial charge on any atom is 0.126 e. The van der Waals surface area contributed by atoms with Crippen molar-refractivity contribution in [2.75, 3.05) is 6.54 Å². The molecule has 1 unspecified atom stereocenters. The second-order valence-electron chi connectivity index (χ2n) is 5.46. The number of hydrogen-bond donors (Lipinski definition) is 1. The summed E-state index contributed by atoms with van der Waals surface area (Å²) in [5.74, 6) is 1.19. The van der Waals surface area contributed by atoms with E-state index in [1.807, 2.05) is 0 Å². The third-order valence-corrected chi connectivity index (χ3v) is 4.15. The Morgan fingerprint density at radius 3 is 2.72 bits per heavy atom. The molecule has 1 fully saturated rings. The first-order chi connectivity index (χ1) is 8.66. The Morgan fingerprint density at radius 1 is 1.22 bits per heavy atom. The van der Waals surface area contributed by atoms with Crippen molar-refractivity contribution in [1.29, 1.82) is 0 Å². The lowest BCUT2D eigenvalue weighted by Crippen LogP contribution is -2.28. The van der Waals surface area contributed by atoms with Gasteiger partial charge in [-0.3, -0.25) is 0 Å². The van der Waals surface area contributed by atoms with Crippen LogP contribution in [0.25, 0.3) is 11.0 Å². The molecule has 1 aliphatic heterocycles. The van der Waals surface area contributed by atoms with Gasteiger partial charge in [0.15, 0.2) is 0 Å². The first kappa shape index (κ1) is 11.7. The van der Waals surface area contributed by atoms with Crippen molar-refractivity contribution in [3.63, 3.8) is 0 Å². The van der Waals surface area contributed by atoms with E-state index in [4.69, 9.17) is 4.98 Å². The molecule has 1 aromatic carbocycles. The zero-order chi connectivity index (χ0) is 12.7. The summed E-state index contributed by atoms with van der Waals surface area (Å²) in [4.78, 5) is 4.84. The number of aromatic nitrogens is 2. The zero-order valence-electron chi connectivity index (χ0n) is 11.5. The highest BCUT2D eigenvalue weighted by Crippen LogP contribution is 2.26. The standard InChI is InChI=1S/C15H21N3/c1-10-8-13-14(9-11(10)2)18(3)15(17-13)12-6-4-5-7-16-12/h8-9,12,16H,4-7H2,1-3H3. The van der Waals surface area contributed by atoms with Crippen molar-refractivity contribution in [1.82, 2.24) is 14.9 Å². The van der Waals surface area contributed by atoms with Crippen molar-refractivity contribution >= 4 is 11.0 Å². The van der Waals surface area contributed by atoms with E-state index in [-0.39, 0.29) is 0 Å². The van der Waals surface area contributed by atoms with Crippen LogP contribution in [-0.2, 0) is 7.05 Å². The number of imidazole rings is 1. The largest absolute Gasteiger partial charge is 0.330 e. The van der Waals surface area contributed by atoms with E-state index in [9.17, 15) is 0 Å². The molecule has 1 atom stereocenters. The number of hydrogen-bond acceptors (Lipinski definition) is 2. The lowest BCUT2D eigenvalue weighted by atomic mass is 10.0. The number of piperidine rings is 1. The van der Waals surface area contributed by atoms with Crippen LogP contribution in [0.3, 0.4) is 0 Å². The first-order valence-corrected chi connectivity index (χ1v) is 6.84. The van der Waals surface area contributed by atoms with Gasteiger partial charge in [0.05, 0.1) is 17.1 Å². The van der Waals surface area contributed by atoms with Crippen molar-refractivity contribution < 1.29 is 0 Å². The molecule has 1 aliphatic rings. The highest BCUT2D eigenvalue weighted by Gasteiger charge is 2.20. The Bertz CT molecular complexity index is 577. The number of benzene rings is 1. The lowest BCUT2D eigenvalue weighted by molar-refractivity contribution is 0.392. The summed E-state index contributed by atoms with van der Waals surface area (Å²) in [6.45, 7) is 5.44. The molecule has 2 heterocycles. The minimum Gasteiger partial charge on any atom is -0.330 e. The van der Waals surface area contributed by atoms with E-state index in [0.717, 1.165) is 12.1 Å². The van der Waals surface area contributed by atoms with Crippen LogP contribution in [0.15, 0.2) is 12.1 Å². The van der Waals surface area contributed by atoms with E-state index in [1.54, 1.807) is 0 Å². The molecule has 3 rings (SSSR count). The fourth-order valence-electron chi connectivity index (χ4n) is 2.85. The van der Waals surface area contributed by atoms with Gasteiger partial charge in [-0.2, -0.15) is 0 Å². The smallest absolute Gasteiger partial charge is 0.126 e. The van der Waals surface area contributed by atoms with E-state index in [0.29, 0.717) is 6.04 Å². The summed E-state index contributed by atoms with van der Waals surface area (Å²) in [5, 5.41) is 3.58.